The van der Waals surface area contributed by atoms with Gasteiger partial charge in [0.25, 0.3) is 0 Å². The molecule has 0 unspecified atom stereocenters. The van der Waals surface area contributed by atoms with E-state index in [0.717, 1.165) is 0 Å². The third-order valence-electron chi connectivity index (χ3n) is 2.70. The Kier molecular flexibility index (Phi) is 4.64. The molecule has 1 aromatic carbocycles. The molecule has 2 rings (SSSR count). The van der Waals surface area contributed by atoms with Crippen molar-refractivity contribution in [2.45, 2.75) is 13.5 Å². The smallest absolute Gasteiger partial charge is 0.312 e. The molecule has 1 heterocycles. The molecule has 108 valence electrons. The number of hydrogen-bond acceptors (Lipinski definition) is 5. The fourth-order valence-corrected chi connectivity index (χ4v) is 2.20. The normalized spacial score (nSPS) is 10.2. The Hall–Kier alpha value is -2.28. The van der Waals surface area contributed by atoms with Gasteiger partial charge < -0.3 is 4.74 Å². The van der Waals surface area contributed by atoms with E-state index in [0.29, 0.717) is 10.2 Å². The molecule has 21 heavy (non-hydrogen) atoms. The highest BCUT2D eigenvalue weighted by Gasteiger charge is 2.23. The van der Waals surface area contributed by atoms with Gasteiger partial charge in [0.1, 0.15) is 6.61 Å². The lowest BCUT2D eigenvalue weighted by Crippen LogP contribution is -2.06. The number of aromatic nitrogens is 1. The number of nitrogens with zero attached hydrogens (tertiary/aromatic N) is 2. The Morgan fingerprint density at radius 1 is 1.43 bits per heavy atom. The number of carbonyl (C=O) groups is 1. The zero-order chi connectivity index (χ0) is 15.4. The molecule has 0 aliphatic heterocycles. The Labute approximate surface area is 129 Å². The first-order chi connectivity index (χ1) is 9.99. The fourth-order valence-electron chi connectivity index (χ4n) is 1.76. The van der Waals surface area contributed by atoms with Crippen LogP contribution in [0.2, 0.25) is 0 Å². The molecule has 0 saturated carbocycles. The van der Waals surface area contributed by atoms with Crippen molar-refractivity contribution in [3.63, 3.8) is 0 Å². The third kappa shape index (κ3) is 3.63. The minimum atomic E-state index is -0.578. The van der Waals surface area contributed by atoms with Gasteiger partial charge in [0.2, 0.25) is 5.75 Å². The Morgan fingerprint density at radius 3 is 2.76 bits per heavy atom. The zero-order valence-corrected chi connectivity index (χ0v) is 12.7. The van der Waals surface area contributed by atoms with E-state index in [2.05, 4.69) is 20.9 Å². The van der Waals surface area contributed by atoms with E-state index >= 15 is 0 Å². The van der Waals surface area contributed by atoms with E-state index in [-0.39, 0.29) is 29.4 Å². The lowest BCUT2D eigenvalue weighted by Gasteiger charge is -2.10. The molecule has 0 N–H and O–H groups in total. The summed E-state index contributed by atoms with van der Waals surface area (Å²) in [5.74, 6) is -0.350. The van der Waals surface area contributed by atoms with Crippen LogP contribution in [-0.2, 0) is 6.61 Å². The lowest BCUT2D eigenvalue weighted by molar-refractivity contribution is -0.386. The summed E-state index contributed by atoms with van der Waals surface area (Å²) in [6.45, 7) is 1.38. The summed E-state index contributed by atoms with van der Waals surface area (Å²) >= 11 is 3.16. The summed E-state index contributed by atoms with van der Waals surface area (Å²) in [5.41, 5.74) is 0.515. The number of benzene rings is 1. The zero-order valence-electron chi connectivity index (χ0n) is 11.1. The number of nitro groups is 1. The number of carbonyl (C=O) groups excluding carboxylic acids is 1. The van der Waals surface area contributed by atoms with Crippen molar-refractivity contribution < 1.29 is 14.5 Å². The molecule has 0 atom stereocenters. The van der Waals surface area contributed by atoms with Gasteiger partial charge in [-0.05, 0) is 25.1 Å². The summed E-state index contributed by atoms with van der Waals surface area (Å²) in [5, 5.41) is 11.1. The van der Waals surface area contributed by atoms with E-state index in [9.17, 15) is 14.9 Å². The van der Waals surface area contributed by atoms with Crippen molar-refractivity contribution in [1.82, 2.24) is 4.98 Å². The predicted octanol–water partition coefficient (Wildman–Crippen LogP) is 3.53. The van der Waals surface area contributed by atoms with Crippen LogP contribution in [0.25, 0.3) is 0 Å². The number of ketones is 1. The molecular formula is C14H11BrN2O4. The first-order valence-corrected chi connectivity index (χ1v) is 6.80. The van der Waals surface area contributed by atoms with Gasteiger partial charge in [-0.15, -0.1) is 0 Å². The maximum atomic E-state index is 11.7. The van der Waals surface area contributed by atoms with E-state index < -0.39 is 4.92 Å². The number of nitro benzene ring substituents is 1. The molecular weight excluding hydrogens is 340 g/mol. The molecule has 6 nitrogen and oxygen atoms in total. The van der Waals surface area contributed by atoms with Crippen LogP contribution in [0.1, 0.15) is 23.0 Å². The lowest BCUT2D eigenvalue weighted by atomic mass is 10.1. The topological polar surface area (TPSA) is 82.3 Å². The van der Waals surface area contributed by atoms with Gasteiger partial charge in [0, 0.05) is 16.7 Å². The monoisotopic (exact) mass is 350 g/mol. The van der Waals surface area contributed by atoms with Gasteiger partial charge in [0.05, 0.1) is 16.2 Å². The summed E-state index contributed by atoms with van der Waals surface area (Å²) < 4.78 is 5.93. The van der Waals surface area contributed by atoms with E-state index in [1.807, 2.05) is 0 Å². The predicted molar refractivity (Wildman–Crippen MR) is 79.4 cm³/mol. The van der Waals surface area contributed by atoms with Crippen molar-refractivity contribution in [1.29, 1.82) is 0 Å². The average molecular weight is 351 g/mol. The second-order valence-electron chi connectivity index (χ2n) is 4.22. The van der Waals surface area contributed by atoms with Gasteiger partial charge in [-0.1, -0.05) is 22.0 Å². The molecule has 0 aliphatic rings. The van der Waals surface area contributed by atoms with Crippen molar-refractivity contribution in [3.05, 3.63) is 62.4 Å². The maximum absolute atomic E-state index is 11.7. The van der Waals surface area contributed by atoms with Crippen LogP contribution in [0.4, 0.5) is 5.69 Å². The molecule has 1 aromatic heterocycles. The molecule has 2 aromatic rings. The number of ether oxygens (including phenoxy) is 1. The van der Waals surface area contributed by atoms with Gasteiger partial charge in [0.15, 0.2) is 5.78 Å². The van der Waals surface area contributed by atoms with Crippen molar-refractivity contribution in [2.75, 3.05) is 0 Å². The summed E-state index contributed by atoms with van der Waals surface area (Å²) in [7, 11) is 0. The van der Waals surface area contributed by atoms with Crippen LogP contribution < -0.4 is 4.74 Å². The van der Waals surface area contributed by atoms with Crippen molar-refractivity contribution in [2.24, 2.45) is 0 Å². The second-order valence-corrected chi connectivity index (χ2v) is 5.14. The molecule has 0 bridgehead atoms. The Bertz CT molecular complexity index is 654. The van der Waals surface area contributed by atoms with Gasteiger partial charge in [-0.2, -0.15) is 0 Å². The van der Waals surface area contributed by atoms with Crippen molar-refractivity contribution in [3.8, 4) is 5.75 Å². The summed E-state index contributed by atoms with van der Waals surface area (Å²) in [6.07, 6.45) is 1.60. The van der Waals surface area contributed by atoms with E-state index in [1.54, 1.807) is 24.4 Å². The Morgan fingerprint density at radius 2 is 2.19 bits per heavy atom. The number of halogens is 1. The SMILES string of the molecule is CC(=O)c1cc(Br)cc([N+](=O)[O-])c1OCc1ccccn1. The van der Waals surface area contributed by atoms with Gasteiger partial charge >= 0.3 is 5.69 Å². The number of Topliss-reactive ketones (excluding diaryl/α,β-unsaturated/α-hetero) is 1. The highest BCUT2D eigenvalue weighted by molar-refractivity contribution is 9.10. The van der Waals surface area contributed by atoms with Gasteiger partial charge in [-0.3, -0.25) is 19.9 Å². The molecule has 7 heteroatoms. The minimum absolute atomic E-state index is 0.0404. The van der Waals surface area contributed by atoms with E-state index in [4.69, 9.17) is 4.74 Å². The fraction of sp³-hybridized carbons (Fsp3) is 0.143. The van der Waals surface area contributed by atoms with Crippen LogP contribution in [-0.4, -0.2) is 15.7 Å². The van der Waals surface area contributed by atoms with Crippen LogP contribution in [0, 0.1) is 10.1 Å². The van der Waals surface area contributed by atoms with Crippen LogP contribution >= 0.6 is 15.9 Å². The Balaban J connectivity index is 2.40. The standard InChI is InChI=1S/C14H11BrN2O4/c1-9(18)12-6-10(15)7-13(17(19)20)14(12)21-8-11-4-2-3-5-16-11/h2-7H,8H2,1H3. The van der Waals surface area contributed by atoms with Gasteiger partial charge in [-0.25, -0.2) is 0 Å². The number of pyridine rings is 1. The quantitative estimate of drug-likeness (QED) is 0.468. The van der Waals surface area contributed by atoms with Crippen LogP contribution in [0.5, 0.6) is 5.75 Å². The van der Waals surface area contributed by atoms with Crippen LogP contribution in [0.15, 0.2) is 41.0 Å². The molecule has 0 aliphatic carbocycles. The molecule has 0 spiro atoms. The highest BCUT2D eigenvalue weighted by Crippen LogP contribution is 2.35. The van der Waals surface area contributed by atoms with Crippen LogP contribution in [0.3, 0.4) is 0 Å². The maximum Gasteiger partial charge on any atom is 0.312 e. The minimum Gasteiger partial charge on any atom is -0.480 e. The highest BCUT2D eigenvalue weighted by atomic mass is 79.9. The average Bonchev–Trinajstić information content (AvgIpc) is 2.46. The van der Waals surface area contributed by atoms with Crippen molar-refractivity contribution >= 4 is 27.4 Å². The van der Waals surface area contributed by atoms with E-state index in [1.165, 1.54) is 19.1 Å². The molecule has 0 saturated heterocycles. The first kappa shape index (κ1) is 15.1. The molecule has 0 fully saturated rings. The summed E-state index contributed by atoms with van der Waals surface area (Å²) in [6, 6.07) is 8.08. The molecule has 0 amide bonds. The number of rotatable bonds is 5. The molecule has 0 radical (unpaired) electrons. The largest absolute Gasteiger partial charge is 0.480 e. The number of hydrogen-bond donors (Lipinski definition) is 0. The third-order valence-corrected chi connectivity index (χ3v) is 3.16. The first-order valence-electron chi connectivity index (χ1n) is 6.00. The second kappa shape index (κ2) is 6.45. The summed E-state index contributed by atoms with van der Waals surface area (Å²) in [4.78, 5) is 26.3.